The topological polar surface area (TPSA) is 68.3 Å². The van der Waals surface area contributed by atoms with Crippen molar-refractivity contribution < 1.29 is 27.5 Å². The van der Waals surface area contributed by atoms with E-state index in [1.807, 2.05) is 0 Å². The van der Waals surface area contributed by atoms with E-state index in [-0.39, 0.29) is 33.1 Å². The highest BCUT2D eigenvalue weighted by atomic mass is 35.5. The molecule has 0 bridgehead atoms. The van der Waals surface area contributed by atoms with Crippen molar-refractivity contribution >= 4 is 40.9 Å². The van der Waals surface area contributed by atoms with Crippen LogP contribution in [0, 0.1) is 5.82 Å². The summed E-state index contributed by atoms with van der Waals surface area (Å²) in [4.78, 5) is 28.0. The summed E-state index contributed by atoms with van der Waals surface area (Å²) in [6, 6.07) is 6.01. The van der Waals surface area contributed by atoms with Crippen molar-refractivity contribution in [3.63, 3.8) is 0 Å². The number of esters is 1. The van der Waals surface area contributed by atoms with E-state index >= 15 is 0 Å². The van der Waals surface area contributed by atoms with E-state index < -0.39 is 29.6 Å². The third-order valence-electron chi connectivity index (χ3n) is 3.03. The Balaban J connectivity index is 2.06. The first kappa shape index (κ1) is 20.1. The molecule has 1 atom stereocenters. The summed E-state index contributed by atoms with van der Waals surface area (Å²) in [6.07, 6.45) is 0.00183. The minimum atomic E-state index is -2.77. The van der Waals surface area contributed by atoms with Gasteiger partial charge in [-0.2, -0.15) is 8.78 Å². The monoisotopic (exact) mass is 404 g/mol. The van der Waals surface area contributed by atoms with Crippen LogP contribution in [-0.4, -0.2) is 28.7 Å². The number of carbonyl (C=O) groups excluding carboxylic acids is 2. The van der Waals surface area contributed by atoms with Gasteiger partial charge in [-0.15, -0.1) is 0 Å². The van der Waals surface area contributed by atoms with Gasteiger partial charge >= 0.3 is 5.97 Å². The average molecular weight is 405 g/mol. The summed E-state index contributed by atoms with van der Waals surface area (Å²) >= 11 is 5.90. The summed E-state index contributed by atoms with van der Waals surface area (Å²) in [5, 5.41) is 2.15. The van der Waals surface area contributed by atoms with Gasteiger partial charge in [0.25, 0.3) is 11.7 Å². The molecular formula is C16H12ClF3N2O3S. The summed E-state index contributed by atoms with van der Waals surface area (Å²) in [5.74, 6) is -5.04. The van der Waals surface area contributed by atoms with E-state index in [2.05, 4.69) is 10.3 Å². The van der Waals surface area contributed by atoms with Crippen LogP contribution in [0.5, 0.6) is 0 Å². The molecule has 1 amide bonds. The molecule has 10 heteroatoms. The fourth-order valence-corrected chi connectivity index (χ4v) is 2.61. The molecular weight excluding hydrogens is 393 g/mol. The van der Waals surface area contributed by atoms with E-state index in [9.17, 15) is 22.8 Å². The van der Waals surface area contributed by atoms with Gasteiger partial charge in [-0.05, 0) is 49.0 Å². The molecule has 0 fully saturated rings. The molecule has 2 rings (SSSR count). The molecule has 0 aliphatic carbocycles. The van der Waals surface area contributed by atoms with Crippen molar-refractivity contribution in [1.29, 1.82) is 0 Å². The summed E-state index contributed by atoms with van der Waals surface area (Å²) in [7, 11) is 0. The molecule has 1 aromatic carbocycles. The van der Waals surface area contributed by atoms with E-state index in [4.69, 9.17) is 16.3 Å². The Morgan fingerprint density at radius 1 is 1.31 bits per heavy atom. The number of hydrogen-bond acceptors (Lipinski definition) is 5. The molecule has 1 heterocycles. The molecule has 138 valence electrons. The van der Waals surface area contributed by atoms with E-state index in [1.54, 1.807) is 0 Å². The van der Waals surface area contributed by atoms with E-state index in [0.29, 0.717) is 0 Å². The van der Waals surface area contributed by atoms with Gasteiger partial charge in [0.2, 0.25) is 0 Å². The van der Waals surface area contributed by atoms with Crippen LogP contribution in [0.15, 0.2) is 41.6 Å². The fraction of sp³-hybridized carbons (Fsp3) is 0.188. The maximum Gasteiger partial charge on any atom is 0.341 e. The third kappa shape index (κ3) is 5.37. The Morgan fingerprint density at radius 3 is 2.69 bits per heavy atom. The number of hydrogen-bond donors (Lipinski definition) is 1. The van der Waals surface area contributed by atoms with Crippen molar-refractivity contribution in [2.24, 2.45) is 0 Å². The number of rotatable bonds is 6. The largest absolute Gasteiger partial charge is 0.449 e. The number of thioether (sulfide) groups is 1. The van der Waals surface area contributed by atoms with Crippen molar-refractivity contribution in [3.05, 3.63) is 52.9 Å². The van der Waals surface area contributed by atoms with Gasteiger partial charge < -0.3 is 10.1 Å². The van der Waals surface area contributed by atoms with Crippen LogP contribution >= 0.6 is 23.4 Å². The predicted octanol–water partition coefficient (Wildman–Crippen LogP) is 4.37. The van der Waals surface area contributed by atoms with E-state index in [0.717, 1.165) is 12.1 Å². The number of aromatic nitrogens is 1. The number of anilines is 1. The maximum absolute atomic E-state index is 13.0. The van der Waals surface area contributed by atoms with Gasteiger partial charge in [0.1, 0.15) is 10.8 Å². The molecule has 5 nitrogen and oxygen atoms in total. The minimum Gasteiger partial charge on any atom is -0.449 e. The highest BCUT2D eigenvalue weighted by molar-refractivity contribution is 7.99. The zero-order chi connectivity index (χ0) is 19.3. The molecule has 0 unspecified atom stereocenters. The van der Waals surface area contributed by atoms with Crippen LogP contribution in [0.3, 0.4) is 0 Å². The second-order valence-electron chi connectivity index (χ2n) is 4.90. The van der Waals surface area contributed by atoms with Gasteiger partial charge in [-0.1, -0.05) is 11.6 Å². The molecule has 0 radical (unpaired) electrons. The molecule has 0 aliphatic rings. The normalized spacial score (nSPS) is 11.9. The van der Waals surface area contributed by atoms with Gasteiger partial charge in [0, 0.05) is 6.20 Å². The third-order valence-corrected chi connectivity index (χ3v) is 4.07. The lowest BCUT2D eigenvalue weighted by molar-refractivity contribution is -0.123. The van der Waals surface area contributed by atoms with Crippen LogP contribution in [-0.2, 0) is 9.53 Å². The van der Waals surface area contributed by atoms with Crippen LogP contribution < -0.4 is 5.32 Å². The Kier molecular flexibility index (Phi) is 6.87. The summed E-state index contributed by atoms with van der Waals surface area (Å²) in [5.41, 5.74) is -0.0476. The fourth-order valence-electron chi connectivity index (χ4n) is 1.83. The van der Waals surface area contributed by atoms with Gasteiger partial charge in [0.05, 0.1) is 16.3 Å². The second-order valence-corrected chi connectivity index (χ2v) is 6.28. The number of alkyl halides is 2. The highest BCUT2D eigenvalue weighted by Gasteiger charge is 2.23. The van der Waals surface area contributed by atoms with Crippen molar-refractivity contribution in [2.45, 2.75) is 23.8 Å². The van der Waals surface area contributed by atoms with Gasteiger partial charge in [-0.25, -0.2) is 14.2 Å². The first-order chi connectivity index (χ1) is 12.3. The lowest BCUT2D eigenvalue weighted by Gasteiger charge is -2.15. The Bertz CT molecular complexity index is 823. The molecule has 1 N–H and O–H groups in total. The van der Waals surface area contributed by atoms with Crippen LogP contribution in [0.25, 0.3) is 0 Å². The van der Waals surface area contributed by atoms with Crippen LogP contribution in [0.4, 0.5) is 18.9 Å². The highest BCUT2D eigenvalue weighted by Crippen LogP contribution is 2.27. The summed E-state index contributed by atoms with van der Waals surface area (Å²) in [6.45, 7) is 1.29. The van der Waals surface area contributed by atoms with Gasteiger partial charge in [-0.3, -0.25) is 4.79 Å². The number of benzene rings is 1. The zero-order valence-electron chi connectivity index (χ0n) is 13.2. The average Bonchev–Trinajstić information content (AvgIpc) is 2.57. The van der Waals surface area contributed by atoms with E-state index in [1.165, 1.54) is 31.3 Å². The van der Waals surface area contributed by atoms with Crippen molar-refractivity contribution in [1.82, 2.24) is 4.98 Å². The Morgan fingerprint density at radius 2 is 2.04 bits per heavy atom. The number of pyridine rings is 1. The lowest BCUT2D eigenvalue weighted by atomic mass is 10.2. The molecule has 0 saturated carbocycles. The molecule has 1 aromatic heterocycles. The molecule has 0 spiro atoms. The SMILES string of the molecule is C[C@@H](OC(=O)c1cccnc1SC(F)F)C(=O)Nc1ccc(F)cc1Cl. The number of nitrogens with zero attached hydrogens (tertiary/aromatic N) is 1. The van der Waals surface area contributed by atoms with Crippen molar-refractivity contribution in [2.75, 3.05) is 5.32 Å². The second kappa shape index (κ2) is 8.91. The molecule has 0 saturated heterocycles. The Labute approximate surface area is 155 Å². The predicted molar refractivity (Wildman–Crippen MR) is 91.0 cm³/mol. The molecule has 0 aliphatic heterocycles. The smallest absolute Gasteiger partial charge is 0.341 e. The number of nitrogens with one attached hydrogen (secondary N) is 1. The first-order valence-electron chi connectivity index (χ1n) is 7.14. The standard InChI is InChI=1S/C16H12ClF3N2O3S/c1-8(13(23)22-12-5-4-9(18)7-11(12)17)25-15(24)10-3-2-6-21-14(10)26-16(19)20/h2-8,16H,1H3,(H,22,23)/t8-/m1/s1. The first-order valence-corrected chi connectivity index (χ1v) is 8.40. The zero-order valence-corrected chi connectivity index (χ0v) is 14.8. The number of ether oxygens (including phenoxy) is 1. The summed E-state index contributed by atoms with van der Waals surface area (Å²) < 4.78 is 43.1. The van der Waals surface area contributed by atoms with Crippen LogP contribution in [0.2, 0.25) is 5.02 Å². The van der Waals surface area contributed by atoms with Crippen molar-refractivity contribution in [3.8, 4) is 0 Å². The molecule has 2 aromatic rings. The maximum atomic E-state index is 13.0. The quantitative estimate of drug-likeness (QED) is 0.572. The van der Waals surface area contributed by atoms with Gasteiger partial charge in [0.15, 0.2) is 6.10 Å². The number of halogens is 4. The molecule has 26 heavy (non-hydrogen) atoms. The number of carbonyl (C=O) groups is 2. The lowest BCUT2D eigenvalue weighted by Crippen LogP contribution is -2.30. The minimum absolute atomic E-state index is 0.0280. The Hall–Kier alpha value is -2.26. The number of amides is 1. The van der Waals surface area contributed by atoms with Crippen LogP contribution in [0.1, 0.15) is 17.3 Å².